The zero-order chi connectivity index (χ0) is 23.4. The molecule has 0 amide bonds. The second-order valence-corrected chi connectivity index (χ2v) is 2.44. The van der Waals surface area contributed by atoms with Crippen LogP contribution in [0.25, 0.3) is 0 Å². The number of hydrogen-bond donors (Lipinski definition) is 2. The van der Waals surface area contributed by atoms with Crippen LogP contribution in [0.15, 0.2) is 0 Å². The summed E-state index contributed by atoms with van der Waals surface area (Å²) in [5, 5.41) is 59.0. The average Bonchev–Trinajstić information content (AvgIpc) is 2.41. The van der Waals surface area contributed by atoms with E-state index in [1.807, 2.05) is 0 Å². The molecule has 0 aromatic heterocycles. The molecule has 0 heterocycles. The molecule has 10 nitrogen and oxygen atoms in total. The predicted octanol–water partition coefficient (Wildman–Crippen LogP) is 3.31. The van der Waals surface area contributed by atoms with Gasteiger partial charge in [-0.05, 0) is 0 Å². The van der Waals surface area contributed by atoms with E-state index in [-0.39, 0.29) is 39.0 Å². The van der Waals surface area contributed by atoms with Gasteiger partial charge >= 0.3 is 11.9 Å². The molecule has 0 aliphatic rings. The SMILES string of the molecule is CC#N.CC#N.CC#N.CC#N.CC#N.CC#N.CC(O)=[OH+].CC(O)=[OH+].[Rh].[Rh]. The van der Waals surface area contributed by atoms with Crippen molar-refractivity contribution in [3.05, 3.63) is 0 Å². The number of carboxylic acids is 2. The number of nitriles is 6. The molecule has 0 saturated heterocycles. The predicted molar refractivity (Wildman–Crippen MR) is 98.2 cm³/mol. The van der Waals surface area contributed by atoms with Gasteiger partial charge in [0.1, 0.15) is 0 Å². The Bertz CT molecular complexity index is 403. The molecule has 162 valence electrons. The van der Waals surface area contributed by atoms with Crippen molar-refractivity contribution in [2.75, 3.05) is 0 Å². The Labute approximate surface area is 193 Å². The maximum absolute atomic E-state index is 7.53. The van der Waals surface area contributed by atoms with Crippen LogP contribution in [0.5, 0.6) is 0 Å². The van der Waals surface area contributed by atoms with Crippen molar-refractivity contribution >= 4 is 11.9 Å². The number of nitrogens with zero attached hydrogens (tertiary/aromatic N) is 6. The van der Waals surface area contributed by atoms with Gasteiger partial charge in [0.05, 0.1) is 50.3 Å². The standard InChI is InChI=1S/6C2H3N.2C2H4O2.2Rh/c6*1-2-3;2*1-2(3)4;;/h6*1H3;2*1H3,(H,3,4);;/p+2. The Morgan fingerprint density at radius 2 is 0.500 bits per heavy atom. The minimum atomic E-state index is -0.583. The molecule has 0 bridgehead atoms. The Morgan fingerprint density at radius 1 is 0.500 bits per heavy atom. The quantitative estimate of drug-likeness (QED) is 0.321. The zero-order valence-corrected chi connectivity index (χ0v) is 20.4. The van der Waals surface area contributed by atoms with E-state index in [1.54, 1.807) is 36.4 Å². The molecule has 0 aromatic rings. The van der Waals surface area contributed by atoms with Crippen LogP contribution >= 0.6 is 0 Å². The third-order valence-corrected chi connectivity index (χ3v) is 0. The third kappa shape index (κ3) is 1370. The molecule has 0 atom stereocenters. The van der Waals surface area contributed by atoms with Crippen LogP contribution < -0.4 is 0 Å². The first-order valence-corrected chi connectivity index (χ1v) is 6.24. The van der Waals surface area contributed by atoms with E-state index in [2.05, 4.69) is 0 Å². The summed E-state index contributed by atoms with van der Waals surface area (Å²) in [5.74, 6) is -1.17. The molecule has 12 heteroatoms. The summed E-state index contributed by atoms with van der Waals surface area (Å²) in [6.07, 6.45) is 0. The number of carboxylic acid groups (broad SMARTS) is 2. The van der Waals surface area contributed by atoms with Crippen molar-refractivity contribution < 1.29 is 58.8 Å². The first-order chi connectivity index (χ1) is 11.9. The molecular weight excluding hydrogens is 546 g/mol. The summed E-state index contributed by atoms with van der Waals surface area (Å²) in [4.78, 5) is 15.1. The van der Waals surface area contributed by atoms with Crippen LogP contribution in [-0.2, 0) is 39.0 Å². The van der Waals surface area contributed by atoms with E-state index in [0.29, 0.717) is 0 Å². The number of aliphatic hydroxyl groups excluding tert-OH is 2. The van der Waals surface area contributed by atoms with Gasteiger partial charge in [0.25, 0.3) is 0 Å². The Morgan fingerprint density at radius 3 is 0.500 bits per heavy atom. The zero-order valence-electron chi connectivity index (χ0n) is 17.1. The first kappa shape index (κ1) is 63.9. The van der Waals surface area contributed by atoms with E-state index in [0.717, 1.165) is 0 Å². The summed E-state index contributed by atoms with van der Waals surface area (Å²) >= 11 is 0. The third-order valence-electron chi connectivity index (χ3n) is 0. The fraction of sp³-hybridized carbons (Fsp3) is 0.500. The van der Waals surface area contributed by atoms with Crippen molar-refractivity contribution in [1.82, 2.24) is 0 Å². The van der Waals surface area contributed by atoms with Crippen LogP contribution in [0.3, 0.4) is 0 Å². The van der Waals surface area contributed by atoms with E-state index >= 15 is 0 Å². The molecular formula is C16H28N6O4Rh2+2. The van der Waals surface area contributed by atoms with E-state index in [1.165, 1.54) is 55.4 Å². The van der Waals surface area contributed by atoms with E-state index in [9.17, 15) is 0 Å². The summed E-state index contributed by atoms with van der Waals surface area (Å²) in [6.45, 7) is 11.0. The Balaban J connectivity index is -0.0000000164. The molecule has 4 N–H and O–H groups in total. The molecule has 0 rings (SSSR count). The number of rotatable bonds is 0. The summed E-state index contributed by atoms with van der Waals surface area (Å²) in [6, 6.07) is 10.5. The molecule has 0 saturated carbocycles. The molecule has 0 aliphatic carbocycles. The molecule has 2 radical (unpaired) electrons. The van der Waals surface area contributed by atoms with E-state index in [4.69, 9.17) is 51.4 Å². The summed E-state index contributed by atoms with van der Waals surface area (Å²) in [5.41, 5.74) is 0. The Hall–Kier alpha value is -2.87. The summed E-state index contributed by atoms with van der Waals surface area (Å²) in [7, 11) is 0. The van der Waals surface area contributed by atoms with Crippen LogP contribution in [0, 0.1) is 68.0 Å². The first-order valence-electron chi connectivity index (χ1n) is 6.24. The normalized spacial score (nSPS) is 3.50. The van der Waals surface area contributed by atoms with Gasteiger partial charge in [0.15, 0.2) is 0 Å². The fourth-order valence-corrected chi connectivity index (χ4v) is 0. The molecule has 0 aliphatic heterocycles. The van der Waals surface area contributed by atoms with Gasteiger partial charge in [-0.3, -0.25) is 0 Å². The molecule has 0 fully saturated rings. The van der Waals surface area contributed by atoms with E-state index < -0.39 is 11.9 Å². The van der Waals surface area contributed by atoms with Crippen molar-refractivity contribution in [1.29, 1.82) is 31.6 Å². The number of aliphatic carboxylic acids is 2. The second kappa shape index (κ2) is 155. The van der Waals surface area contributed by atoms with Crippen LogP contribution in [0.1, 0.15) is 55.4 Å². The average molecular weight is 574 g/mol. The summed E-state index contributed by atoms with van der Waals surface area (Å²) < 4.78 is 0. The molecule has 0 spiro atoms. The molecule has 0 unspecified atom stereocenters. The van der Waals surface area contributed by atoms with Crippen LogP contribution in [0.2, 0.25) is 0 Å². The van der Waals surface area contributed by atoms with Gasteiger partial charge in [-0.25, -0.2) is 0 Å². The minimum absolute atomic E-state index is 0. The van der Waals surface area contributed by atoms with Crippen molar-refractivity contribution in [3.63, 3.8) is 0 Å². The molecule has 0 aromatic carbocycles. The van der Waals surface area contributed by atoms with Gasteiger partial charge in [-0.2, -0.15) is 31.6 Å². The maximum atomic E-state index is 7.53. The Kier molecular flexibility index (Phi) is 354. The molecule has 28 heavy (non-hydrogen) atoms. The minimum Gasteiger partial charge on any atom is -0.339 e. The fourth-order valence-electron chi connectivity index (χ4n) is 0. The van der Waals surface area contributed by atoms with Gasteiger partial charge in [-0.1, -0.05) is 0 Å². The van der Waals surface area contributed by atoms with Crippen molar-refractivity contribution in [3.8, 4) is 36.4 Å². The monoisotopic (exact) mass is 574 g/mol. The van der Waals surface area contributed by atoms with Crippen molar-refractivity contribution in [2.24, 2.45) is 0 Å². The van der Waals surface area contributed by atoms with Gasteiger partial charge in [0.2, 0.25) is 0 Å². The van der Waals surface area contributed by atoms with Crippen LogP contribution in [-0.4, -0.2) is 31.7 Å². The van der Waals surface area contributed by atoms with Gasteiger partial charge in [-0.15, -0.1) is 0 Å². The largest absolute Gasteiger partial charge is 0.477 e. The topological polar surface area (TPSA) is 226 Å². The smallest absolute Gasteiger partial charge is 0.339 e. The maximum Gasteiger partial charge on any atom is 0.477 e. The van der Waals surface area contributed by atoms with Gasteiger partial charge in [0, 0.05) is 80.5 Å². The van der Waals surface area contributed by atoms with Crippen molar-refractivity contribution in [2.45, 2.75) is 55.4 Å². The second-order valence-electron chi connectivity index (χ2n) is 2.44. The number of hydrogen-bond acceptors (Lipinski definition) is 6. The van der Waals surface area contributed by atoms with Gasteiger partial charge < -0.3 is 19.8 Å². The van der Waals surface area contributed by atoms with Crippen LogP contribution in [0.4, 0.5) is 0 Å².